The minimum Gasteiger partial charge on any atom is -0.406 e. The van der Waals surface area contributed by atoms with Gasteiger partial charge in [0.2, 0.25) is 5.91 Å². The predicted molar refractivity (Wildman–Crippen MR) is 108 cm³/mol. The van der Waals surface area contributed by atoms with Gasteiger partial charge in [0.25, 0.3) is 0 Å². The van der Waals surface area contributed by atoms with Crippen LogP contribution in [0.5, 0.6) is 5.75 Å². The van der Waals surface area contributed by atoms with Gasteiger partial charge in [-0.25, -0.2) is 0 Å². The Hall–Kier alpha value is -3.43. The Morgan fingerprint density at radius 1 is 1.13 bits per heavy atom. The standard InChI is InChI=1S/C21H22F3N5O2/c1-15-12-18(26-25-15)29-7-3-6-19(29)27-8-10-28(11-9-27)20(30)14-16-4-2-5-17(13-16)31-21(22,23)24/h2-7,12-13H,8-11,14H2,1H3,(H,25,26). The molecule has 0 saturated carbocycles. The number of aromatic nitrogens is 3. The number of H-pyrrole nitrogens is 1. The fourth-order valence-electron chi connectivity index (χ4n) is 3.67. The van der Waals surface area contributed by atoms with Crippen molar-refractivity contribution >= 4 is 11.7 Å². The van der Waals surface area contributed by atoms with E-state index < -0.39 is 6.36 Å². The van der Waals surface area contributed by atoms with Gasteiger partial charge >= 0.3 is 6.36 Å². The van der Waals surface area contributed by atoms with Crippen molar-refractivity contribution in [3.63, 3.8) is 0 Å². The number of hydrogen-bond donors (Lipinski definition) is 1. The molecule has 0 bridgehead atoms. The molecule has 0 radical (unpaired) electrons. The Kier molecular flexibility index (Phi) is 5.62. The second-order valence-electron chi connectivity index (χ2n) is 7.39. The fourth-order valence-corrected chi connectivity index (χ4v) is 3.67. The quantitative estimate of drug-likeness (QED) is 0.671. The lowest BCUT2D eigenvalue weighted by Gasteiger charge is -2.36. The largest absolute Gasteiger partial charge is 0.573 e. The van der Waals surface area contributed by atoms with Crippen LogP contribution in [0.25, 0.3) is 5.82 Å². The summed E-state index contributed by atoms with van der Waals surface area (Å²) in [6.07, 6.45) is -2.79. The van der Waals surface area contributed by atoms with Gasteiger partial charge in [0.15, 0.2) is 5.82 Å². The van der Waals surface area contributed by atoms with Gasteiger partial charge in [-0.2, -0.15) is 5.10 Å². The highest BCUT2D eigenvalue weighted by atomic mass is 19.4. The number of carbonyl (C=O) groups is 1. The molecule has 4 rings (SSSR count). The molecule has 3 aromatic rings. The molecule has 10 heteroatoms. The number of hydrogen-bond acceptors (Lipinski definition) is 4. The lowest BCUT2D eigenvalue weighted by atomic mass is 10.1. The van der Waals surface area contributed by atoms with Crippen molar-refractivity contribution in [1.82, 2.24) is 19.7 Å². The second kappa shape index (κ2) is 8.37. The van der Waals surface area contributed by atoms with Crippen LogP contribution in [-0.2, 0) is 11.2 Å². The zero-order chi connectivity index (χ0) is 22.0. The molecule has 1 saturated heterocycles. The van der Waals surface area contributed by atoms with Crippen molar-refractivity contribution in [2.45, 2.75) is 19.7 Å². The average Bonchev–Trinajstić information content (AvgIpc) is 3.36. The van der Waals surface area contributed by atoms with Crippen LogP contribution >= 0.6 is 0 Å². The van der Waals surface area contributed by atoms with Gasteiger partial charge in [0, 0.05) is 44.1 Å². The number of anilines is 1. The normalized spacial score (nSPS) is 14.7. The van der Waals surface area contributed by atoms with Gasteiger partial charge in [-0.15, -0.1) is 13.2 Å². The summed E-state index contributed by atoms with van der Waals surface area (Å²) in [5.74, 6) is 1.35. The number of amides is 1. The molecule has 7 nitrogen and oxygen atoms in total. The van der Waals surface area contributed by atoms with Gasteiger partial charge in [-0.1, -0.05) is 12.1 Å². The molecule has 164 valence electrons. The SMILES string of the molecule is Cc1cc(-n2cccc2N2CCN(C(=O)Cc3cccc(OC(F)(F)F)c3)CC2)n[nH]1. The molecule has 0 atom stereocenters. The molecule has 1 aliphatic rings. The summed E-state index contributed by atoms with van der Waals surface area (Å²) in [6, 6.07) is 11.5. The lowest BCUT2D eigenvalue weighted by molar-refractivity contribution is -0.274. The van der Waals surface area contributed by atoms with Crippen LogP contribution in [0.2, 0.25) is 0 Å². The van der Waals surface area contributed by atoms with Crippen LogP contribution in [-0.4, -0.2) is 58.1 Å². The molecule has 3 heterocycles. The molecule has 1 fully saturated rings. The van der Waals surface area contributed by atoms with Crippen LogP contribution in [0, 0.1) is 6.92 Å². The highest BCUT2D eigenvalue weighted by Crippen LogP contribution is 2.24. The first kappa shape index (κ1) is 20.8. The first-order valence-electron chi connectivity index (χ1n) is 9.86. The zero-order valence-electron chi connectivity index (χ0n) is 16.9. The highest BCUT2D eigenvalue weighted by molar-refractivity contribution is 5.79. The van der Waals surface area contributed by atoms with Crippen LogP contribution in [0.15, 0.2) is 48.7 Å². The predicted octanol–water partition coefficient (Wildman–Crippen LogP) is 3.30. The molecule has 1 aromatic carbocycles. The number of aromatic amines is 1. The minimum absolute atomic E-state index is 0.0258. The Bertz CT molecular complexity index is 1050. The van der Waals surface area contributed by atoms with Crippen molar-refractivity contribution in [2.75, 3.05) is 31.1 Å². The number of piperazine rings is 1. The first-order valence-corrected chi connectivity index (χ1v) is 9.86. The van der Waals surface area contributed by atoms with E-state index in [2.05, 4.69) is 19.8 Å². The maximum atomic E-state index is 12.7. The van der Waals surface area contributed by atoms with Crippen LogP contribution in [0.1, 0.15) is 11.3 Å². The number of nitrogens with one attached hydrogen (secondary N) is 1. The molecule has 0 aliphatic carbocycles. The van der Waals surface area contributed by atoms with Gasteiger partial charge in [0.1, 0.15) is 11.6 Å². The Morgan fingerprint density at radius 3 is 2.58 bits per heavy atom. The highest BCUT2D eigenvalue weighted by Gasteiger charge is 2.31. The maximum absolute atomic E-state index is 12.7. The summed E-state index contributed by atoms with van der Waals surface area (Å²) in [4.78, 5) is 16.6. The van der Waals surface area contributed by atoms with Crippen molar-refractivity contribution in [3.05, 3.63) is 59.9 Å². The summed E-state index contributed by atoms with van der Waals surface area (Å²) in [7, 11) is 0. The van der Waals surface area contributed by atoms with E-state index in [9.17, 15) is 18.0 Å². The van der Waals surface area contributed by atoms with Crippen LogP contribution in [0.4, 0.5) is 19.0 Å². The number of halogens is 3. The van der Waals surface area contributed by atoms with Crippen molar-refractivity contribution in [3.8, 4) is 11.6 Å². The third kappa shape index (κ3) is 5.01. The number of alkyl halides is 3. The van der Waals surface area contributed by atoms with E-state index >= 15 is 0 Å². The molecule has 0 spiro atoms. The van der Waals surface area contributed by atoms with Crippen LogP contribution in [0.3, 0.4) is 0 Å². The van der Waals surface area contributed by atoms with E-state index in [1.54, 1.807) is 11.0 Å². The van der Waals surface area contributed by atoms with E-state index in [4.69, 9.17) is 0 Å². The van der Waals surface area contributed by atoms with Gasteiger partial charge < -0.3 is 14.5 Å². The third-order valence-corrected chi connectivity index (χ3v) is 5.11. The zero-order valence-corrected chi connectivity index (χ0v) is 16.9. The van der Waals surface area contributed by atoms with Crippen molar-refractivity contribution in [2.24, 2.45) is 0 Å². The molecule has 1 N–H and O–H groups in total. The molecule has 1 aliphatic heterocycles. The van der Waals surface area contributed by atoms with Gasteiger partial charge in [-0.05, 0) is 36.8 Å². The number of aryl methyl sites for hydroxylation is 1. The summed E-state index contributed by atoms with van der Waals surface area (Å²) < 4.78 is 43.2. The number of rotatable bonds is 5. The Morgan fingerprint density at radius 2 is 1.90 bits per heavy atom. The number of ether oxygens (including phenoxy) is 1. The molecule has 2 aromatic heterocycles. The number of benzene rings is 1. The Labute approximate surface area is 177 Å². The monoisotopic (exact) mass is 433 g/mol. The summed E-state index contributed by atoms with van der Waals surface area (Å²) in [5.41, 5.74) is 1.45. The molecule has 1 amide bonds. The Balaban J connectivity index is 1.36. The van der Waals surface area contributed by atoms with E-state index in [0.29, 0.717) is 31.7 Å². The topological polar surface area (TPSA) is 66.4 Å². The minimum atomic E-state index is -4.76. The van der Waals surface area contributed by atoms with E-state index in [-0.39, 0.29) is 18.1 Å². The van der Waals surface area contributed by atoms with E-state index in [0.717, 1.165) is 17.3 Å². The second-order valence-corrected chi connectivity index (χ2v) is 7.39. The van der Waals surface area contributed by atoms with E-state index in [1.165, 1.54) is 18.2 Å². The number of carbonyl (C=O) groups excluding carboxylic acids is 1. The van der Waals surface area contributed by atoms with Gasteiger partial charge in [0.05, 0.1) is 6.42 Å². The average molecular weight is 433 g/mol. The first-order chi connectivity index (χ1) is 14.8. The van der Waals surface area contributed by atoms with Gasteiger partial charge in [-0.3, -0.25) is 14.5 Å². The molecular weight excluding hydrogens is 411 g/mol. The third-order valence-electron chi connectivity index (χ3n) is 5.11. The molecular formula is C21H22F3N5O2. The summed E-state index contributed by atoms with van der Waals surface area (Å²) >= 11 is 0. The lowest BCUT2D eigenvalue weighted by Crippen LogP contribution is -2.49. The summed E-state index contributed by atoms with van der Waals surface area (Å²) in [5, 5.41) is 7.23. The molecule has 0 unspecified atom stereocenters. The van der Waals surface area contributed by atoms with Crippen LogP contribution < -0.4 is 9.64 Å². The molecule has 31 heavy (non-hydrogen) atoms. The number of nitrogens with zero attached hydrogens (tertiary/aromatic N) is 4. The van der Waals surface area contributed by atoms with E-state index in [1.807, 2.05) is 35.9 Å². The van der Waals surface area contributed by atoms with Crippen molar-refractivity contribution in [1.29, 1.82) is 0 Å². The fraction of sp³-hybridized carbons (Fsp3) is 0.333. The maximum Gasteiger partial charge on any atom is 0.573 e. The van der Waals surface area contributed by atoms with Crippen molar-refractivity contribution < 1.29 is 22.7 Å². The summed E-state index contributed by atoms with van der Waals surface area (Å²) in [6.45, 7) is 4.30. The smallest absolute Gasteiger partial charge is 0.406 e.